The molecule has 0 fully saturated rings. The molecule has 0 spiro atoms. The van der Waals surface area contributed by atoms with Gasteiger partial charge in [-0.2, -0.15) is 0 Å². The van der Waals surface area contributed by atoms with Crippen LogP contribution >= 0.6 is 0 Å². The first-order chi connectivity index (χ1) is 10.4. The fourth-order valence-electron chi connectivity index (χ4n) is 2.39. The molecule has 0 unspecified atom stereocenters. The van der Waals surface area contributed by atoms with Crippen LogP contribution in [-0.2, 0) is 0 Å². The van der Waals surface area contributed by atoms with Crippen LogP contribution < -0.4 is 0 Å². The predicted octanol–water partition coefficient (Wildman–Crippen LogP) is 7.77. The van der Waals surface area contributed by atoms with Crippen molar-refractivity contribution in [3.63, 3.8) is 0 Å². The Hall–Kier alpha value is -0.780. The molecule has 0 amide bonds. The molecule has 0 heteroatoms. The molecule has 0 bridgehead atoms. The maximum atomic E-state index is 2.37. The first-order valence-electron chi connectivity index (χ1n) is 9.38. The van der Waals surface area contributed by atoms with Crippen LogP contribution in [0, 0.1) is 0 Å². The smallest absolute Gasteiger partial charge is 0.0313 e. The van der Waals surface area contributed by atoms with E-state index in [0.717, 1.165) is 6.42 Å². The maximum Gasteiger partial charge on any atom is -0.0313 e. The van der Waals surface area contributed by atoms with Crippen LogP contribution in [0.5, 0.6) is 0 Å². The minimum Gasteiger partial charge on any atom is -0.0885 e. The Balaban J connectivity index is 3.15. The van der Waals surface area contributed by atoms with Gasteiger partial charge in [0.2, 0.25) is 0 Å². The third kappa shape index (κ3) is 19.2. The van der Waals surface area contributed by atoms with Crippen LogP contribution in [0.2, 0.25) is 0 Å². The molecule has 0 atom stereocenters. The van der Waals surface area contributed by atoms with Gasteiger partial charge in [0.1, 0.15) is 0 Å². The lowest BCUT2D eigenvalue weighted by molar-refractivity contribution is 0.566. The fourth-order valence-corrected chi connectivity index (χ4v) is 2.39. The minimum absolute atomic E-state index is 1.13. The van der Waals surface area contributed by atoms with E-state index in [2.05, 4.69) is 50.3 Å². The quantitative estimate of drug-likeness (QED) is 0.164. The summed E-state index contributed by atoms with van der Waals surface area (Å²) in [6.07, 6.45) is 31.0. The molecule has 21 heavy (non-hydrogen) atoms. The predicted molar refractivity (Wildman–Crippen MR) is 98.8 cm³/mol. The zero-order chi connectivity index (χ0) is 15.4. The van der Waals surface area contributed by atoms with Gasteiger partial charge in [-0.25, -0.2) is 0 Å². The summed E-state index contributed by atoms with van der Waals surface area (Å²) in [6.45, 7) is 4.45. The number of allylic oxidation sites excluding steroid dienone is 6. The van der Waals surface area contributed by atoms with Gasteiger partial charge >= 0.3 is 0 Å². The standard InChI is InChI=1S/C21H38/c1-3-5-7-9-11-13-15-17-19-21-20-18-16-14-12-10-8-6-4-2/h5,7,9,11,17,19H,3-4,6,8,10,12-16,18,20-21H2,1-2H3/b7-5+,11-9+,19-17+. The number of rotatable bonds is 15. The van der Waals surface area contributed by atoms with Crippen LogP contribution in [-0.4, -0.2) is 0 Å². The van der Waals surface area contributed by atoms with Gasteiger partial charge in [0.25, 0.3) is 0 Å². The number of unbranched alkanes of at least 4 members (excludes halogenated alkanes) is 10. The lowest BCUT2D eigenvalue weighted by Gasteiger charge is -2.00. The zero-order valence-corrected chi connectivity index (χ0v) is 14.7. The monoisotopic (exact) mass is 290 g/mol. The van der Waals surface area contributed by atoms with E-state index in [1.165, 1.54) is 77.0 Å². The molecule has 0 heterocycles. The van der Waals surface area contributed by atoms with E-state index in [-0.39, 0.29) is 0 Å². The summed E-state index contributed by atoms with van der Waals surface area (Å²) in [7, 11) is 0. The molecule has 0 saturated heterocycles. The molecule has 0 rings (SSSR count). The summed E-state index contributed by atoms with van der Waals surface area (Å²) in [5.74, 6) is 0. The van der Waals surface area contributed by atoms with E-state index in [9.17, 15) is 0 Å². The average molecular weight is 291 g/mol. The van der Waals surface area contributed by atoms with Crippen molar-refractivity contribution in [2.24, 2.45) is 0 Å². The highest BCUT2D eigenvalue weighted by Crippen LogP contribution is 2.10. The lowest BCUT2D eigenvalue weighted by Crippen LogP contribution is -1.80. The molecular weight excluding hydrogens is 252 g/mol. The van der Waals surface area contributed by atoms with E-state index in [4.69, 9.17) is 0 Å². The second kappa shape index (κ2) is 19.2. The van der Waals surface area contributed by atoms with Gasteiger partial charge in [-0.05, 0) is 32.1 Å². The summed E-state index contributed by atoms with van der Waals surface area (Å²) in [5, 5.41) is 0. The van der Waals surface area contributed by atoms with E-state index >= 15 is 0 Å². The van der Waals surface area contributed by atoms with Crippen LogP contribution in [0.15, 0.2) is 36.5 Å². The van der Waals surface area contributed by atoms with Crippen molar-refractivity contribution in [3.05, 3.63) is 36.5 Å². The van der Waals surface area contributed by atoms with Gasteiger partial charge in [0.05, 0.1) is 0 Å². The molecule has 0 aromatic rings. The highest BCUT2D eigenvalue weighted by Gasteiger charge is 1.91. The van der Waals surface area contributed by atoms with Gasteiger partial charge < -0.3 is 0 Å². The van der Waals surface area contributed by atoms with Gasteiger partial charge in [0, 0.05) is 0 Å². The summed E-state index contributed by atoms with van der Waals surface area (Å²) in [4.78, 5) is 0. The van der Waals surface area contributed by atoms with Crippen LogP contribution in [0.3, 0.4) is 0 Å². The lowest BCUT2D eigenvalue weighted by atomic mass is 10.1. The fraction of sp³-hybridized carbons (Fsp3) is 0.714. The molecule has 0 aromatic heterocycles. The summed E-state index contributed by atoms with van der Waals surface area (Å²) in [5.41, 5.74) is 0. The molecule has 0 aliphatic heterocycles. The second-order valence-electron chi connectivity index (χ2n) is 5.93. The molecule has 0 aromatic carbocycles. The molecule has 0 nitrogen and oxygen atoms in total. The van der Waals surface area contributed by atoms with Crippen molar-refractivity contribution < 1.29 is 0 Å². The SMILES string of the molecule is CC/C=C/C=C/CC/C=C/CCCCCCCCCCC. The van der Waals surface area contributed by atoms with E-state index in [1.54, 1.807) is 0 Å². The van der Waals surface area contributed by atoms with Gasteiger partial charge in [-0.15, -0.1) is 0 Å². The Bertz CT molecular complexity index is 257. The van der Waals surface area contributed by atoms with Gasteiger partial charge in [-0.1, -0.05) is 102 Å². The Morgan fingerprint density at radius 3 is 1.67 bits per heavy atom. The van der Waals surface area contributed by atoms with E-state index in [1.807, 2.05) is 0 Å². The topological polar surface area (TPSA) is 0 Å². The van der Waals surface area contributed by atoms with Crippen LogP contribution in [0.1, 0.15) is 97.3 Å². The Labute approximate surface area is 134 Å². The van der Waals surface area contributed by atoms with Crippen molar-refractivity contribution in [1.29, 1.82) is 0 Å². The largest absolute Gasteiger partial charge is 0.0885 e. The first-order valence-corrected chi connectivity index (χ1v) is 9.38. The molecule has 0 aliphatic rings. The van der Waals surface area contributed by atoms with Crippen LogP contribution in [0.25, 0.3) is 0 Å². The molecule has 122 valence electrons. The molecule has 0 N–H and O–H groups in total. The van der Waals surface area contributed by atoms with Crippen LogP contribution in [0.4, 0.5) is 0 Å². The van der Waals surface area contributed by atoms with Gasteiger partial charge in [0.15, 0.2) is 0 Å². The highest BCUT2D eigenvalue weighted by molar-refractivity contribution is 5.02. The number of hydrogen-bond acceptors (Lipinski definition) is 0. The van der Waals surface area contributed by atoms with Crippen molar-refractivity contribution in [3.8, 4) is 0 Å². The third-order valence-corrected chi connectivity index (χ3v) is 3.76. The Morgan fingerprint density at radius 2 is 1.00 bits per heavy atom. The van der Waals surface area contributed by atoms with Crippen molar-refractivity contribution >= 4 is 0 Å². The summed E-state index contributed by atoms with van der Waals surface area (Å²) >= 11 is 0. The van der Waals surface area contributed by atoms with E-state index in [0.29, 0.717) is 0 Å². The Morgan fingerprint density at radius 1 is 0.476 bits per heavy atom. The molecule has 0 radical (unpaired) electrons. The van der Waals surface area contributed by atoms with Crippen molar-refractivity contribution in [2.75, 3.05) is 0 Å². The minimum atomic E-state index is 1.13. The normalized spacial score (nSPS) is 12.3. The maximum absolute atomic E-state index is 2.37. The summed E-state index contributed by atoms with van der Waals surface area (Å²) < 4.78 is 0. The van der Waals surface area contributed by atoms with E-state index < -0.39 is 0 Å². The molecule has 0 aliphatic carbocycles. The molecule has 0 saturated carbocycles. The first kappa shape index (κ1) is 20.2. The Kier molecular flexibility index (Phi) is 18.5. The highest BCUT2D eigenvalue weighted by atomic mass is 14.0. The number of hydrogen-bond donors (Lipinski definition) is 0. The van der Waals surface area contributed by atoms with Gasteiger partial charge in [-0.3, -0.25) is 0 Å². The average Bonchev–Trinajstić information content (AvgIpc) is 2.50. The van der Waals surface area contributed by atoms with Crippen molar-refractivity contribution in [2.45, 2.75) is 97.3 Å². The third-order valence-electron chi connectivity index (χ3n) is 3.76. The zero-order valence-electron chi connectivity index (χ0n) is 14.7. The second-order valence-corrected chi connectivity index (χ2v) is 5.93. The van der Waals surface area contributed by atoms with Crippen molar-refractivity contribution in [1.82, 2.24) is 0 Å². The molecular formula is C21H38. The summed E-state index contributed by atoms with van der Waals surface area (Å²) in [6, 6.07) is 0.